The third kappa shape index (κ3) is 5.61. The Bertz CT molecular complexity index is 766. The van der Waals surface area contributed by atoms with Gasteiger partial charge < -0.3 is 15.0 Å². The van der Waals surface area contributed by atoms with Crippen molar-refractivity contribution in [1.82, 2.24) is 9.88 Å². The van der Waals surface area contributed by atoms with E-state index in [-0.39, 0.29) is 30.9 Å². The summed E-state index contributed by atoms with van der Waals surface area (Å²) in [5.74, 6) is -0.304. The second-order valence-electron chi connectivity index (χ2n) is 6.78. The molecule has 1 N–H and O–H groups in total. The number of benzene rings is 1. The maximum Gasteiger partial charge on any atom is 0.245 e. The maximum absolute atomic E-state index is 12.8. The van der Waals surface area contributed by atoms with Gasteiger partial charge in [-0.2, -0.15) is 0 Å². The number of carbonyl (C=O) groups is 2. The molecule has 3 rings (SSSR count). The molecule has 144 valence electrons. The third-order valence-corrected chi connectivity index (χ3v) is 5.60. The average Bonchev–Trinajstić information content (AvgIpc) is 3.25. The maximum atomic E-state index is 12.8. The molecule has 2 amide bonds. The SMILES string of the molecule is Cc1nc(NC(=O)CN(C[C@@H]2CCCO2)C(=O)Cc2ccccc2)sc1C. The first-order valence-electron chi connectivity index (χ1n) is 9.18. The topological polar surface area (TPSA) is 71.5 Å². The molecule has 1 aromatic carbocycles. The minimum Gasteiger partial charge on any atom is -0.376 e. The molecule has 0 radical (unpaired) electrons. The van der Waals surface area contributed by atoms with Crippen molar-refractivity contribution in [2.24, 2.45) is 0 Å². The molecule has 1 saturated heterocycles. The Kier molecular flexibility index (Phi) is 6.58. The monoisotopic (exact) mass is 387 g/mol. The van der Waals surface area contributed by atoms with Crippen LogP contribution in [0.1, 0.15) is 29.0 Å². The van der Waals surface area contributed by atoms with E-state index < -0.39 is 0 Å². The average molecular weight is 388 g/mol. The molecule has 1 aliphatic rings. The van der Waals surface area contributed by atoms with E-state index in [4.69, 9.17) is 4.74 Å². The van der Waals surface area contributed by atoms with E-state index in [2.05, 4.69) is 10.3 Å². The summed E-state index contributed by atoms with van der Waals surface area (Å²) in [4.78, 5) is 32.3. The lowest BCUT2D eigenvalue weighted by molar-refractivity contribution is -0.135. The smallest absolute Gasteiger partial charge is 0.245 e. The summed E-state index contributed by atoms with van der Waals surface area (Å²) in [7, 11) is 0. The molecule has 6 nitrogen and oxygen atoms in total. The van der Waals surface area contributed by atoms with E-state index in [0.29, 0.717) is 11.7 Å². The number of amides is 2. The van der Waals surface area contributed by atoms with Gasteiger partial charge >= 0.3 is 0 Å². The zero-order valence-electron chi connectivity index (χ0n) is 15.7. The molecule has 0 bridgehead atoms. The summed E-state index contributed by atoms with van der Waals surface area (Å²) >= 11 is 1.44. The second-order valence-corrected chi connectivity index (χ2v) is 7.98. The fourth-order valence-corrected chi connectivity index (χ4v) is 3.86. The summed E-state index contributed by atoms with van der Waals surface area (Å²) in [6.45, 7) is 5.04. The molecule has 0 saturated carbocycles. The molecule has 1 atom stereocenters. The summed E-state index contributed by atoms with van der Waals surface area (Å²) < 4.78 is 5.67. The van der Waals surface area contributed by atoms with Crippen molar-refractivity contribution in [3.05, 3.63) is 46.5 Å². The summed E-state index contributed by atoms with van der Waals surface area (Å²) in [6.07, 6.45) is 2.19. The molecule has 2 heterocycles. The van der Waals surface area contributed by atoms with Gasteiger partial charge in [0.05, 0.1) is 18.2 Å². The van der Waals surface area contributed by atoms with Gasteiger partial charge in [0.25, 0.3) is 0 Å². The van der Waals surface area contributed by atoms with Crippen molar-refractivity contribution in [1.29, 1.82) is 0 Å². The quantitative estimate of drug-likeness (QED) is 0.793. The van der Waals surface area contributed by atoms with Crippen LogP contribution < -0.4 is 5.32 Å². The van der Waals surface area contributed by atoms with Crippen LogP contribution in [0.2, 0.25) is 0 Å². The second kappa shape index (κ2) is 9.10. The van der Waals surface area contributed by atoms with Crippen LogP contribution >= 0.6 is 11.3 Å². The van der Waals surface area contributed by atoms with E-state index in [0.717, 1.165) is 35.6 Å². The van der Waals surface area contributed by atoms with Crippen LogP contribution in [-0.4, -0.2) is 47.5 Å². The number of anilines is 1. The van der Waals surface area contributed by atoms with Crippen molar-refractivity contribution in [3.63, 3.8) is 0 Å². The highest BCUT2D eigenvalue weighted by Gasteiger charge is 2.24. The summed E-state index contributed by atoms with van der Waals surface area (Å²) in [5.41, 5.74) is 1.85. The van der Waals surface area contributed by atoms with E-state index in [1.807, 2.05) is 44.2 Å². The van der Waals surface area contributed by atoms with Gasteiger partial charge in [-0.3, -0.25) is 9.59 Å². The minimum atomic E-state index is -0.233. The number of aryl methyl sites for hydroxylation is 2. The normalized spacial score (nSPS) is 16.3. The molecule has 0 unspecified atom stereocenters. The van der Waals surface area contributed by atoms with Crippen LogP contribution in [0.5, 0.6) is 0 Å². The highest BCUT2D eigenvalue weighted by Crippen LogP contribution is 2.21. The number of nitrogens with zero attached hydrogens (tertiary/aromatic N) is 2. The zero-order valence-corrected chi connectivity index (χ0v) is 16.6. The van der Waals surface area contributed by atoms with Crippen molar-refractivity contribution in [2.75, 3.05) is 25.0 Å². The Hall–Kier alpha value is -2.25. The highest BCUT2D eigenvalue weighted by atomic mass is 32.1. The van der Waals surface area contributed by atoms with Crippen molar-refractivity contribution < 1.29 is 14.3 Å². The molecule has 0 spiro atoms. The number of nitrogens with one attached hydrogen (secondary N) is 1. The highest BCUT2D eigenvalue weighted by molar-refractivity contribution is 7.15. The van der Waals surface area contributed by atoms with Crippen molar-refractivity contribution in [2.45, 2.75) is 39.2 Å². The zero-order chi connectivity index (χ0) is 19.2. The largest absolute Gasteiger partial charge is 0.376 e. The molecule has 0 aliphatic carbocycles. The lowest BCUT2D eigenvalue weighted by atomic mass is 10.1. The van der Waals surface area contributed by atoms with Gasteiger partial charge in [0.2, 0.25) is 11.8 Å². The van der Waals surface area contributed by atoms with Gasteiger partial charge in [-0.15, -0.1) is 11.3 Å². The molecule has 1 aliphatic heterocycles. The molecule has 7 heteroatoms. The van der Waals surface area contributed by atoms with E-state index >= 15 is 0 Å². The first-order chi connectivity index (χ1) is 13.0. The van der Waals surface area contributed by atoms with Gasteiger partial charge in [0.1, 0.15) is 6.54 Å². The number of thiazole rings is 1. The van der Waals surface area contributed by atoms with Crippen LogP contribution in [-0.2, 0) is 20.7 Å². The van der Waals surface area contributed by atoms with Crippen LogP contribution in [0.3, 0.4) is 0 Å². The predicted molar refractivity (Wildman–Crippen MR) is 106 cm³/mol. The van der Waals surface area contributed by atoms with Gasteiger partial charge in [-0.25, -0.2) is 4.98 Å². The summed E-state index contributed by atoms with van der Waals surface area (Å²) in [5, 5.41) is 3.38. The standard InChI is InChI=1S/C20H25N3O3S/c1-14-15(2)27-20(21-14)22-18(24)13-23(12-17-9-6-10-26-17)19(25)11-16-7-4-3-5-8-16/h3-5,7-8,17H,6,9-13H2,1-2H3,(H,21,22,24)/t17-/m0/s1. The van der Waals surface area contributed by atoms with E-state index in [9.17, 15) is 9.59 Å². The van der Waals surface area contributed by atoms with Crippen LogP contribution in [0.4, 0.5) is 5.13 Å². The number of ether oxygens (including phenoxy) is 1. The van der Waals surface area contributed by atoms with E-state index in [1.165, 1.54) is 11.3 Å². The van der Waals surface area contributed by atoms with Crippen molar-refractivity contribution in [3.8, 4) is 0 Å². The third-order valence-electron chi connectivity index (χ3n) is 4.61. The Morgan fingerprint density at radius 2 is 2.07 bits per heavy atom. The van der Waals surface area contributed by atoms with Crippen molar-refractivity contribution >= 4 is 28.3 Å². The van der Waals surface area contributed by atoms with Gasteiger partial charge in [-0.05, 0) is 32.3 Å². The first kappa shape index (κ1) is 19.5. The van der Waals surface area contributed by atoms with Crippen LogP contribution in [0.25, 0.3) is 0 Å². The molecule has 1 fully saturated rings. The van der Waals surface area contributed by atoms with Gasteiger partial charge in [0, 0.05) is 18.0 Å². The minimum absolute atomic E-state index is 0.00174. The number of carbonyl (C=O) groups excluding carboxylic acids is 2. The fraction of sp³-hybridized carbons (Fsp3) is 0.450. The molecular formula is C20H25N3O3S. The lowest BCUT2D eigenvalue weighted by Crippen LogP contribution is -2.43. The summed E-state index contributed by atoms with van der Waals surface area (Å²) in [6, 6.07) is 9.58. The number of hydrogen-bond acceptors (Lipinski definition) is 5. The molecule has 2 aromatic rings. The van der Waals surface area contributed by atoms with Gasteiger partial charge in [0.15, 0.2) is 5.13 Å². The number of aromatic nitrogens is 1. The Labute approximate surface area is 163 Å². The molecule has 1 aromatic heterocycles. The fourth-order valence-electron chi connectivity index (χ4n) is 3.03. The Morgan fingerprint density at radius 3 is 2.70 bits per heavy atom. The molecule has 27 heavy (non-hydrogen) atoms. The van der Waals surface area contributed by atoms with E-state index in [1.54, 1.807) is 4.90 Å². The van der Waals surface area contributed by atoms with Crippen LogP contribution in [0.15, 0.2) is 30.3 Å². The lowest BCUT2D eigenvalue weighted by Gasteiger charge is -2.25. The number of hydrogen-bond donors (Lipinski definition) is 1. The Balaban J connectivity index is 1.64. The Morgan fingerprint density at radius 1 is 1.30 bits per heavy atom. The van der Waals surface area contributed by atoms with Gasteiger partial charge in [-0.1, -0.05) is 30.3 Å². The van der Waals surface area contributed by atoms with Crippen LogP contribution in [0, 0.1) is 13.8 Å². The number of rotatable bonds is 7. The predicted octanol–water partition coefficient (Wildman–Crippen LogP) is 2.95. The molecular weight excluding hydrogens is 362 g/mol. The first-order valence-corrected chi connectivity index (χ1v) is 10.00.